The molecule has 0 heterocycles. The minimum atomic E-state index is -0.511. The summed E-state index contributed by atoms with van der Waals surface area (Å²) in [6.07, 6.45) is 0. The van der Waals surface area contributed by atoms with Crippen LogP contribution in [0.15, 0.2) is 46.9 Å². The molecule has 0 atom stereocenters. The van der Waals surface area contributed by atoms with E-state index in [0.29, 0.717) is 22.0 Å². The zero-order chi connectivity index (χ0) is 16.8. The van der Waals surface area contributed by atoms with Crippen LogP contribution in [-0.2, 0) is 9.53 Å². The van der Waals surface area contributed by atoms with Crippen molar-refractivity contribution < 1.29 is 19.1 Å². The van der Waals surface area contributed by atoms with E-state index in [1.165, 1.54) is 25.3 Å². The predicted molar refractivity (Wildman–Crippen MR) is 91.1 cm³/mol. The molecule has 120 valence electrons. The highest BCUT2D eigenvalue weighted by atomic mass is 79.9. The van der Waals surface area contributed by atoms with Gasteiger partial charge in [0.25, 0.3) is 5.91 Å². The van der Waals surface area contributed by atoms with Crippen molar-refractivity contribution in [2.24, 2.45) is 0 Å². The third-order valence-corrected chi connectivity index (χ3v) is 3.70. The molecule has 0 aliphatic heterocycles. The Morgan fingerprint density at radius 2 is 1.87 bits per heavy atom. The molecule has 0 saturated carbocycles. The van der Waals surface area contributed by atoms with Gasteiger partial charge in [0.15, 0.2) is 6.61 Å². The molecule has 1 N–H and O–H groups in total. The average Bonchev–Trinajstić information content (AvgIpc) is 2.55. The van der Waals surface area contributed by atoms with E-state index >= 15 is 0 Å². The maximum absolute atomic E-state index is 11.9. The number of methoxy groups -OCH3 is 1. The van der Waals surface area contributed by atoms with E-state index in [1.807, 2.05) is 12.1 Å². The van der Waals surface area contributed by atoms with Crippen LogP contribution in [0, 0.1) is 0 Å². The number of amides is 1. The van der Waals surface area contributed by atoms with Crippen LogP contribution in [0.2, 0.25) is 5.02 Å². The average molecular weight is 399 g/mol. The monoisotopic (exact) mass is 397 g/mol. The molecule has 0 aliphatic carbocycles. The van der Waals surface area contributed by atoms with E-state index in [1.54, 1.807) is 12.1 Å². The third kappa shape index (κ3) is 4.97. The molecule has 2 aromatic carbocycles. The number of carbonyl (C=O) groups excluding carboxylic acids is 2. The number of benzene rings is 2. The molecule has 0 unspecified atom stereocenters. The van der Waals surface area contributed by atoms with Gasteiger partial charge in [0, 0.05) is 4.47 Å². The minimum absolute atomic E-state index is 0.180. The van der Waals surface area contributed by atoms with Crippen molar-refractivity contribution in [3.05, 3.63) is 57.5 Å². The normalized spacial score (nSPS) is 10.0. The van der Waals surface area contributed by atoms with Crippen LogP contribution in [0.5, 0.6) is 5.75 Å². The fraction of sp³-hybridized carbons (Fsp3) is 0.125. The molecular weight excluding hydrogens is 386 g/mol. The standard InChI is InChI=1S/C16H13BrClNO4/c1-22-16(21)10-2-7-13(18)14(8-10)19-15(20)9-23-12-5-3-11(17)4-6-12/h2-8H,9H2,1H3,(H,19,20). The zero-order valence-corrected chi connectivity index (χ0v) is 14.5. The number of nitrogens with one attached hydrogen (secondary N) is 1. The van der Waals surface area contributed by atoms with Crippen LogP contribution in [0.25, 0.3) is 0 Å². The van der Waals surface area contributed by atoms with Crippen molar-refractivity contribution in [1.82, 2.24) is 0 Å². The highest BCUT2D eigenvalue weighted by Gasteiger charge is 2.11. The molecule has 2 rings (SSSR count). The smallest absolute Gasteiger partial charge is 0.337 e. The maximum atomic E-state index is 11.9. The molecular formula is C16H13BrClNO4. The Balaban J connectivity index is 1.99. The topological polar surface area (TPSA) is 64.6 Å². The molecule has 0 aliphatic rings. The lowest BCUT2D eigenvalue weighted by Gasteiger charge is -2.10. The first-order valence-corrected chi connectivity index (χ1v) is 7.73. The molecule has 7 heteroatoms. The van der Waals surface area contributed by atoms with Gasteiger partial charge in [0.1, 0.15) is 5.75 Å². The summed E-state index contributed by atoms with van der Waals surface area (Å²) in [7, 11) is 1.28. The van der Waals surface area contributed by atoms with Crippen molar-refractivity contribution in [2.75, 3.05) is 19.0 Å². The van der Waals surface area contributed by atoms with E-state index in [0.717, 1.165) is 4.47 Å². The van der Waals surface area contributed by atoms with Gasteiger partial charge in [0.05, 0.1) is 23.4 Å². The first-order valence-electron chi connectivity index (χ1n) is 6.55. The van der Waals surface area contributed by atoms with E-state index in [2.05, 4.69) is 26.0 Å². The number of halogens is 2. The molecule has 0 fully saturated rings. The van der Waals surface area contributed by atoms with Crippen LogP contribution in [0.3, 0.4) is 0 Å². The lowest BCUT2D eigenvalue weighted by molar-refractivity contribution is -0.118. The predicted octanol–water partition coefficient (Wildman–Crippen LogP) is 3.91. The van der Waals surface area contributed by atoms with Crippen molar-refractivity contribution >= 4 is 45.1 Å². The van der Waals surface area contributed by atoms with Gasteiger partial charge in [-0.15, -0.1) is 0 Å². The number of rotatable bonds is 5. The summed E-state index contributed by atoms with van der Waals surface area (Å²) < 4.78 is 10.9. The Labute approximate surface area is 146 Å². The van der Waals surface area contributed by atoms with Crippen LogP contribution in [-0.4, -0.2) is 25.6 Å². The van der Waals surface area contributed by atoms with Crippen molar-refractivity contribution in [3.63, 3.8) is 0 Å². The highest BCUT2D eigenvalue weighted by Crippen LogP contribution is 2.23. The summed E-state index contributed by atoms with van der Waals surface area (Å²) >= 11 is 9.32. The summed E-state index contributed by atoms with van der Waals surface area (Å²) in [5.41, 5.74) is 0.611. The number of esters is 1. The largest absolute Gasteiger partial charge is 0.484 e. The van der Waals surface area contributed by atoms with E-state index in [4.69, 9.17) is 16.3 Å². The minimum Gasteiger partial charge on any atom is -0.484 e. The van der Waals surface area contributed by atoms with Gasteiger partial charge in [-0.1, -0.05) is 27.5 Å². The third-order valence-electron chi connectivity index (χ3n) is 2.85. The van der Waals surface area contributed by atoms with Gasteiger partial charge >= 0.3 is 5.97 Å². The van der Waals surface area contributed by atoms with E-state index in [-0.39, 0.29) is 6.61 Å². The SMILES string of the molecule is COC(=O)c1ccc(Cl)c(NC(=O)COc2ccc(Br)cc2)c1. The Bertz CT molecular complexity index is 719. The van der Waals surface area contributed by atoms with Crippen LogP contribution >= 0.6 is 27.5 Å². The zero-order valence-electron chi connectivity index (χ0n) is 12.1. The first-order chi connectivity index (χ1) is 11.0. The van der Waals surface area contributed by atoms with Crippen molar-refractivity contribution in [2.45, 2.75) is 0 Å². The lowest BCUT2D eigenvalue weighted by Crippen LogP contribution is -2.20. The van der Waals surface area contributed by atoms with Gasteiger partial charge in [-0.05, 0) is 42.5 Å². The Morgan fingerprint density at radius 1 is 1.17 bits per heavy atom. The molecule has 0 spiro atoms. The van der Waals surface area contributed by atoms with Gasteiger partial charge < -0.3 is 14.8 Å². The Hall–Kier alpha value is -2.05. The van der Waals surface area contributed by atoms with Crippen molar-refractivity contribution in [3.8, 4) is 5.75 Å². The fourth-order valence-corrected chi connectivity index (χ4v) is 2.16. The fourth-order valence-electron chi connectivity index (χ4n) is 1.73. The number of ether oxygens (including phenoxy) is 2. The van der Waals surface area contributed by atoms with Gasteiger partial charge in [-0.2, -0.15) is 0 Å². The molecule has 0 aromatic heterocycles. The molecule has 23 heavy (non-hydrogen) atoms. The number of anilines is 1. The van der Waals surface area contributed by atoms with Crippen molar-refractivity contribution in [1.29, 1.82) is 0 Å². The second-order valence-corrected chi connectivity index (χ2v) is 5.80. The maximum Gasteiger partial charge on any atom is 0.337 e. The number of hydrogen-bond donors (Lipinski definition) is 1. The summed E-state index contributed by atoms with van der Waals surface area (Å²) in [6, 6.07) is 11.6. The first kappa shape index (κ1) is 17.3. The van der Waals surface area contributed by atoms with Crippen LogP contribution in [0.4, 0.5) is 5.69 Å². The second-order valence-electron chi connectivity index (χ2n) is 4.48. The van der Waals surface area contributed by atoms with E-state index < -0.39 is 11.9 Å². The summed E-state index contributed by atoms with van der Waals surface area (Å²) in [6.45, 7) is -0.180. The summed E-state index contributed by atoms with van der Waals surface area (Å²) in [5.74, 6) is -0.335. The number of carbonyl (C=O) groups is 2. The van der Waals surface area contributed by atoms with Crippen LogP contribution < -0.4 is 10.1 Å². The summed E-state index contributed by atoms with van der Waals surface area (Å²) in [5, 5.41) is 2.91. The van der Waals surface area contributed by atoms with Gasteiger partial charge in [0.2, 0.25) is 0 Å². The molecule has 0 bridgehead atoms. The molecule has 2 aromatic rings. The molecule has 1 amide bonds. The Kier molecular flexibility index (Phi) is 6.01. The number of hydrogen-bond acceptors (Lipinski definition) is 4. The molecule has 0 radical (unpaired) electrons. The highest BCUT2D eigenvalue weighted by molar-refractivity contribution is 9.10. The second kappa shape index (κ2) is 7.99. The van der Waals surface area contributed by atoms with Gasteiger partial charge in [-0.25, -0.2) is 4.79 Å². The van der Waals surface area contributed by atoms with Gasteiger partial charge in [-0.3, -0.25) is 4.79 Å². The molecule has 5 nitrogen and oxygen atoms in total. The lowest BCUT2D eigenvalue weighted by atomic mass is 10.2. The summed E-state index contributed by atoms with van der Waals surface area (Å²) in [4.78, 5) is 23.4. The molecule has 0 saturated heterocycles. The van der Waals surface area contributed by atoms with Crippen LogP contribution in [0.1, 0.15) is 10.4 Å². The van der Waals surface area contributed by atoms with E-state index in [9.17, 15) is 9.59 Å². The Morgan fingerprint density at radius 3 is 2.52 bits per heavy atom. The quantitative estimate of drug-likeness (QED) is 0.776.